The van der Waals surface area contributed by atoms with E-state index in [1.807, 2.05) is 0 Å². The van der Waals surface area contributed by atoms with Gasteiger partial charge in [-0.25, -0.2) is 0 Å². The predicted octanol–water partition coefficient (Wildman–Crippen LogP) is 4.00. The first-order valence-electron chi connectivity index (χ1n) is 6.00. The van der Waals surface area contributed by atoms with Gasteiger partial charge >= 0.3 is 0 Å². The quantitative estimate of drug-likeness (QED) is 0.588. The predicted molar refractivity (Wildman–Crippen MR) is 62.0 cm³/mol. The molecule has 13 heavy (non-hydrogen) atoms. The molecular weight excluding hydrogens is 175 g/mol. The molecule has 0 saturated heterocycles. The lowest BCUT2D eigenvalue weighted by Crippen LogP contribution is -2.33. The van der Waals surface area contributed by atoms with Gasteiger partial charge in [-0.15, -0.1) is 9.24 Å². The van der Waals surface area contributed by atoms with E-state index in [-0.39, 0.29) is 0 Å². The fourth-order valence-electron chi connectivity index (χ4n) is 3.43. The molecule has 0 heterocycles. The van der Waals surface area contributed by atoms with Crippen LogP contribution in [0.4, 0.5) is 0 Å². The summed E-state index contributed by atoms with van der Waals surface area (Å²) in [4.78, 5) is 0. The van der Waals surface area contributed by atoms with E-state index < -0.39 is 0 Å². The molecule has 0 N–H and O–H groups in total. The van der Waals surface area contributed by atoms with Crippen molar-refractivity contribution in [1.29, 1.82) is 0 Å². The van der Waals surface area contributed by atoms with Crippen molar-refractivity contribution in [1.82, 2.24) is 0 Å². The summed E-state index contributed by atoms with van der Waals surface area (Å²) in [5.41, 5.74) is 0. The van der Waals surface area contributed by atoms with Crippen molar-refractivity contribution in [2.75, 3.05) is 0 Å². The third kappa shape index (κ3) is 1.94. The number of hydrogen-bond donors (Lipinski definition) is 0. The zero-order chi connectivity index (χ0) is 9.31. The van der Waals surface area contributed by atoms with E-state index in [4.69, 9.17) is 0 Å². The van der Waals surface area contributed by atoms with Crippen LogP contribution >= 0.6 is 9.24 Å². The van der Waals surface area contributed by atoms with Gasteiger partial charge in [-0.3, -0.25) is 0 Å². The van der Waals surface area contributed by atoms with Crippen LogP contribution in [-0.2, 0) is 0 Å². The smallest absolute Gasteiger partial charge is 0.0122 e. The van der Waals surface area contributed by atoms with Crippen LogP contribution in [0, 0.1) is 11.8 Å². The molecule has 0 nitrogen and oxygen atoms in total. The lowest BCUT2D eigenvalue weighted by molar-refractivity contribution is 0.293. The first-order chi connectivity index (χ1) is 6.21. The minimum Gasteiger partial charge on any atom is -0.131 e. The zero-order valence-electron chi connectivity index (χ0n) is 8.89. The van der Waals surface area contributed by atoms with Gasteiger partial charge in [-0.2, -0.15) is 0 Å². The highest BCUT2D eigenvalue weighted by Gasteiger charge is 2.39. The third-order valence-corrected chi connectivity index (χ3v) is 5.41. The van der Waals surface area contributed by atoms with Gasteiger partial charge in [0.15, 0.2) is 0 Å². The molecule has 1 heteroatoms. The second-order valence-corrected chi connectivity index (χ2v) is 6.57. The zero-order valence-corrected chi connectivity index (χ0v) is 10.0. The fraction of sp³-hybridized carbons (Fsp3) is 1.00. The second kappa shape index (κ2) is 3.89. The highest BCUT2D eigenvalue weighted by atomic mass is 31.0. The van der Waals surface area contributed by atoms with Gasteiger partial charge in [0.05, 0.1) is 0 Å². The molecule has 1 unspecified atom stereocenters. The average Bonchev–Trinajstić information content (AvgIpc) is 2.78. The Hall–Kier alpha value is 0.430. The molecule has 0 radical (unpaired) electrons. The molecule has 0 amide bonds. The van der Waals surface area contributed by atoms with E-state index >= 15 is 0 Å². The highest BCUT2D eigenvalue weighted by Crippen LogP contribution is 2.49. The molecule has 1 atom stereocenters. The Labute approximate surface area is 85.1 Å². The van der Waals surface area contributed by atoms with Crippen LogP contribution in [0.5, 0.6) is 0 Å². The van der Waals surface area contributed by atoms with E-state index in [0.29, 0.717) is 5.16 Å². The van der Waals surface area contributed by atoms with E-state index in [1.165, 1.54) is 51.4 Å². The minimum absolute atomic E-state index is 0.576. The maximum Gasteiger partial charge on any atom is -0.0122 e. The molecule has 2 saturated carbocycles. The Balaban J connectivity index is 1.99. The molecule has 2 aliphatic rings. The molecule has 0 aromatic rings. The molecule has 76 valence electrons. The SMILES string of the molecule is CC(P)(C1CCCC1)C1CCCC1. The van der Waals surface area contributed by atoms with Gasteiger partial charge in [0.25, 0.3) is 0 Å². The van der Waals surface area contributed by atoms with E-state index in [0.717, 1.165) is 11.8 Å². The fourth-order valence-corrected chi connectivity index (χ4v) is 4.10. The normalized spacial score (nSPS) is 27.2. The van der Waals surface area contributed by atoms with Crippen molar-refractivity contribution >= 4 is 9.24 Å². The summed E-state index contributed by atoms with van der Waals surface area (Å²) in [7, 11) is 3.21. The Morgan fingerprint density at radius 1 is 0.846 bits per heavy atom. The molecule has 2 fully saturated rings. The summed E-state index contributed by atoms with van der Waals surface area (Å²) in [5.74, 6) is 2.03. The van der Waals surface area contributed by atoms with Crippen LogP contribution < -0.4 is 0 Å². The first kappa shape index (κ1) is 9.97. The van der Waals surface area contributed by atoms with Gasteiger partial charge < -0.3 is 0 Å². The Bertz CT molecular complexity index is 144. The van der Waals surface area contributed by atoms with Crippen LogP contribution in [0.2, 0.25) is 0 Å². The van der Waals surface area contributed by atoms with Gasteiger partial charge in [0, 0.05) is 0 Å². The summed E-state index contributed by atoms with van der Waals surface area (Å²) in [6.45, 7) is 2.50. The van der Waals surface area contributed by atoms with Gasteiger partial charge in [0.2, 0.25) is 0 Å². The van der Waals surface area contributed by atoms with Crippen molar-refractivity contribution in [3.63, 3.8) is 0 Å². The van der Waals surface area contributed by atoms with Crippen molar-refractivity contribution in [3.05, 3.63) is 0 Å². The topological polar surface area (TPSA) is 0 Å². The number of rotatable bonds is 2. The summed E-state index contributed by atoms with van der Waals surface area (Å²) < 4.78 is 0. The largest absolute Gasteiger partial charge is 0.131 e. The Kier molecular flexibility index (Phi) is 2.98. The monoisotopic (exact) mass is 198 g/mol. The Morgan fingerprint density at radius 2 is 1.15 bits per heavy atom. The highest BCUT2D eigenvalue weighted by molar-refractivity contribution is 7.19. The van der Waals surface area contributed by atoms with Crippen molar-refractivity contribution in [2.24, 2.45) is 11.8 Å². The van der Waals surface area contributed by atoms with Crippen LogP contribution in [0.15, 0.2) is 0 Å². The second-order valence-electron chi connectivity index (χ2n) is 5.33. The maximum absolute atomic E-state index is 3.21. The number of hydrogen-bond acceptors (Lipinski definition) is 0. The lowest BCUT2D eigenvalue weighted by Gasteiger charge is -2.37. The van der Waals surface area contributed by atoms with Crippen LogP contribution in [0.25, 0.3) is 0 Å². The van der Waals surface area contributed by atoms with E-state index in [2.05, 4.69) is 16.2 Å². The third-order valence-electron chi connectivity index (χ3n) is 4.47. The van der Waals surface area contributed by atoms with Gasteiger partial charge in [0.1, 0.15) is 0 Å². The molecule has 0 spiro atoms. The van der Waals surface area contributed by atoms with E-state index in [9.17, 15) is 0 Å². The molecule has 2 aliphatic carbocycles. The van der Waals surface area contributed by atoms with Crippen molar-refractivity contribution in [2.45, 2.75) is 63.4 Å². The van der Waals surface area contributed by atoms with Gasteiger partial charge in [-0.1, -0.05) is 32.6 Å². The summed E-state index contributed by atoms with van der Waals surface area (Å²) >= 11 is 0. The first-order valence-corrected chi connectivity index (χ1v) is 6.58. The average molecular weight is 198 g/mol. The molecule has 0 aliphatic heterocycles. The summed E-state index contributed by atoms with van der Waals surface area (Å²) in [5, 5.41) is 0.576. The Morgan fingerprint density at radius 3 is 1.46 bits per heavy atom. The van der Waals surface area contributed by atoms with Crippen molar-refractivity contribution < 1.29 is 0 Å². The van der Waals surface area contributed by atoms with Crippen LogP contribution in [-0.4, -0.2) is 5.16 Å². The molecular formula is C12H23P. The molecule has 0 bridgehead atoms. The standard InChI is InChI=1S/C12H23P/c1-12(13,10-6-2-3-7-10)11-8-4-5-9-11/h10-11H,2-9,13H2,1H3. The maximum atomic E-state index is 3.21. The van der Waals surface area contributed by atoms with Gasteiger partial charge in [-0.05, 0) is 42.7 Å². The minimum atomic E-state index is 0.576. The summed E-state index contributed by atoms with van der Waals surface area (Å²) in [6, 6.07) is 0. The molecule has 0 aromatic heterocycles. The van der Waals surface area contributed by atoms with Crippen LogP contribution in [0.3, 0.4) is 0 Å². The van der Waals surface area contributed by atoms with Crippen LogP contribution in [0.1, 0.15) is 58.3 Å². The molecule has 2 rings (SSSR count). The summed E-state index contributed by atoms with van der Waals surface area (Å²) in [6.07, 6.45) is 11.9. The van der Waals surface area contributed by atoms with E-state index in [1.54, 1.807) is 0 Å². The molecule has 0 aromatic carbocycles. The van der Waals surface area contributed by atoms with Crippen molar-refractivity contribution in [3.8, 4) is 0 Å². The lowest BCUT2D eigenvalue weighted by atomic mass is 9.80.